The van der Waals surface area contributed by atoms with E-state index in [-0.39, 0.29) is 30.4 Å². The number of rotatable bonds is 18. The Kier molecular flexibility index (Phi) is 15.9. The number of hydrogen-bond acceptors (Lipinski definition) is 7. The van der Waals surface area contributed by atoms with E-state index in [1.54, 1.807) is 13.3 Å². The zero-order valence-corrected chi connectivity index (χ0v) is 25.1. The van der Waals surface area contributed by atoms with Crippen molar-refractivity contribution < 1.29 is 29.1 Å². The molecule has 0 saturated heterocycles. The van der Waals surface area contributed by atoms with Crippen LogP contribution in [0.2, 0.25) is 0 Å². The molecular weight excluding hydrogens is 534 g/mol. The van der Waals surface area contributed by atoms with Gasteiger partial charge < -0.3 is 31.7 Å². The van der Waals surface area contributed by atoms with Gasteiger partial charge in [-0.05, 0) is 44.6 Å². The summed E-state index contributed by atoms with van der Waals surface area (Å²) in [7, 11) is 1.69. The lowest BCUT2D eigenvalue weighted by Gasteiger charge is -2.25. The zero-order valence-electron chi connectivity index (χ0n) is 24.3. The van der Waals surface area contributed by atoms with Gasteiger partial charge in [0.1, 0.15) is 24.2 Å². The third-order valence-electron chi connectivity index (χ3n) is 6.20. The van der Waals surface area contributed by atoms with Gasteiger partial charge in [-0.3, -0.25) is 19.2 Å². The van der Waals surface area contributed by atoms with E-state index in [1.165, 1.54) is 18.7 Å². The minimum Gasteiger partial charge on any atom is -0.480 e. The summed E-state index contributed by atoms with van der Waals surface area (Å²) in [5, 5.41) is 22.9. The number of amides is 4. The van der Waals surface area contributed by atoms with E-state index in [0.29, 0.717) is 12.8 Å². The molecule has 0 aliphatic heterocycles. The Morgan fingerprint density at radius 3 is 1.88 bits per heavy atom. The minimum absolute atomic E-state index is 0.181. The van der Waals surface area contributed by atoms with Crippen LogP contribution in [0.1, 0.15) is 52.5 Å². The van der Waals surface area contributed by atoms with Crippen LogP contribution < -0.4 is 26.6 Å². The first kappa shape index (κ1) is 34.9. The smallest absolute Gasteiger partial charge is 0.327 e. The van der Waals surface area contributed by atoms with Gasteiger partial charge in [0.25, 0.3) is 0 Å². The summed E-state index contributed by atoms with van der Waals surface area (Å²) in [5.41, 5.74) is 0.836. The van der Waals surface area contributed by atoms with Gasteiger partial charge in [0, 0.05) is 12.2 Å². The van der Waals surface area contributed by atoms with Crippen molar-refractivity contribution in [1.29, 1.82) is 0 Å². The van der Waals surface area contributed by atoms with Crippen LogP contribution in [-0.4, -0.2) is 84.0 Å². The highest BCUT2D eigenvalue weighted by molar-refractivity contribution is 7.98. The highest BCUT2D eigenvalue weighted by Gasteiger charge is 2.30. The summed E-state index contributed by atoms with van der Waals surface area (Å²) < 4.78 is 0. The Labute approximate surface area is 241 Å². The van der Waals surface area contributed by atoms with Crippen molar-refractivity contribution in [2.24, 2.45) is 5.92 Å². The Balaban J connectivity index is 2.97. The minimum atomic E-state index is -1.16. The molecule has 0 bridgehead atoms. The predicted octanol–water partition coefficient (Wildman–Crippen LogP) is 1.07. The number of carbonyl (C=O) groups is 5. The second-order valence-corrected chi connectivity index (χ2v) is 11.1. The lowest BCUT2D eigenvalue weighted by molar-refractivity contribution is -0.141. The molecule has 12 heteroatoms. The average Bonchev–Trinajstić information content (AvgIpc) is 2.90. The molecule has 6 N–H and O–H groups in total. The van der Waals surface area contributed by atoms with E-state index >= 15 is 0 Å². The Hall–Kier alpha value is -3.12. The average molecular weight is 580 g/mol. The highest BCUT2D eigenvalue weighted by atomic mass is 32.2. The van der Waals surface area contributed by atoms with Crippen LogP contribution in [0.5, 0.6) is 0 Å². The molecule has 1 aromatic carbocycles. The Morgan fingerprint density at radius 2 is 1.35 bits per heavy atom. The van der Waals surface area contributed by atoms with Crippen molar-refractivity contribution >= 4 is 41.4 Å². The maximum Gasteiger partial charge on any atom is 0.327 e. The molecule has 40 heavy (non-hydrogen) atoms. The summed E-state index contributed by atoms with van der Waals surface area (Å²) in [6, 6.07) is 4.73. The summed E-state index contributed by atoms with van der Waals surface area (Å²) >= 11 is 1.28. The van der Waals surface area contributed by atoms with Crippen molar-refractivity contribution in [1.82, 2.24) is 26.6 Å². The zero-order chi connectivity index (χ0) is 30.2. The number of nitrogens with one attached hydrogen (secondary N) is 5. The van der Waals surface area contributed by atoms with Crippen LogP contribution in [0.15, 0.2) is 30.3 Å². The van der Waals surface area contributed by atoms with E-state index < -0.39 is 53.9 Å². The summed E-state index contributed by atoms with van der Waals surface area (Å²) in [6.45, 7) is 7.33. The van der Waals surface area contributed by atoms with Gasteiger partial charge in [0.15, 0.2) is 0 Å². The fraction of sp³-hybridized carbons (Fsp3) is 0.607. The molecule has 5 unspecified atom stereocenters. The topological polar surface area (TPSA) is 166 Å². The van der Waals surface area contributed by atoms with E-state index in [1.807, 2.05) is 51.1 Å². The number of carbonyl (C=O) groups excluding carboxylic acids is 4. The van der Waals surface area contributed by atoms with Gasteiger partial charge in [-0.1, -0.05) is 57.5 Å². The van der Waals surface area contributed by atoms with Crippen LogP contribution in [0, 0.1) is 5.92 Å². The first-order chi connectivity index (χ1) is 18.9. The number of hydrogen-bond donors (Lipinski definition) is 6. The molecular formula is C28H45N5O6S. The van der Waals surface area contributed by atoms with Crippen LogP contribution in [0.25, 0.3) is 0 Å². The monoisotopic (exact) mass is 579 g/mol. The standard InChI is InChI=1S/C28H45N5O6S/c1-7-11-20(25(35)33-23(16-40-6)28(38)39)31-24(34)18(4)30-27(37)22(15-19-12-9-8-10-13-19)32-26(36)21(29-5)14-17(2)3/h8-10,12-13,17-18,20-23,29H,7,11,14-16H2,1-6H3,(H,30,37)(H,31,34)(H,32,36)(H,33,35)(H,38,39). The molecule has 0 aliphatic carbocycles. The molecule has 0 saturated carbocycles. The maximum atomic E-state index is 13.3. The quantitative estimate of drug-likeness (QED) is 0.150. The lowest BCUT2D eigenvalue weighted by atomic mass is 10.0. The number of carboxylic acids is 1. The molecule has 0 aliphatic rings. The SMILES string of the molecule is CCCC(NC(=O)C(C)NC(=O)C(Cc1ccccc1)NC(=O)C(CC(C)C)NC)C(=O)NC(CSC)C(=O)O. The molecule has 0 radical (unpaired) electrons. The third-order valence-corrected chi connectivity index (χ3v) is 6.86. The van der Waals surface area contributed by atoms with Crippen LogP contribution in [0.3, 0.4) is 0 Å². The number of carboxylic acid groups (broad SMARTS) is 1. The molecule has 1 rings (SSSR count). The summed E-state index contributed by atoms with van der Waals surface area (Å²) in [5.74, 6) is -2.79. The van der Waals surface area contributed by atoms with Gasteiger partial charge in [0.05, 0.1) is 6.04 Å². The molecule has 0 spiro atoms. The Morgan fingerprint density at radius 1 is 0.800 bits per heavy atom. The number of aliphatic carboxylic acids is 1. The van der Waals surface area contributed by atoms with Gasteiger partial charge in [-0.15, -0.1) is 0 Å². The number of thioether (sulfide) groups is 1. The van der Waals surface area contributed by atoms with E-state index in [2.05, 4.69) is 26.6 Å². The molecule has 4 amide bonds. The second kappa shape index (κ2) is 18.3. The molecule has 1 aromatic rings. The van der Waals surface area contributed by atoms with Crippen molar-refractivity contribution in [3.8, 4) is 0 Å². The fourth-order valence-electron chi connectivity index (χ4n) is 4.01. The highest BCUT2D eigenvalue weighted by Crippen LogP contribution is 2.08. The van der Waals surface area contributed by atoms with Crippen molar-refractivity contribution in [2.45, 2.75) is 83.6 Å². The summed E-state index contributed by atoms with van der Waals surface area (Å²) in [4.78, 5) is 63.5. The largest absolute Gasteiger partial charge is 0.480 e. The molecule has 224 valence electrons. The predicted molar refractivity (Wildman–Crippen MR) is 157 cm³/mol. The van der Waals surface area contributed by atoms with Crippen molar-refractivity contribution in [3.63, 3.8) is 0 Å². The fourth-order valence-corrected chi connectivity index (χ4v) is 4.57. The van der Waals surface area contributed by atoms with Crippen molar-refractivity contribution in [3.05, 3.63) is 35.9 Å². The normalized spacial score (nSPS) is 14.8. The first-order valence-electron chi connectivity index (χ1n) is 13.6. The maximum absolute atomic E-state index is 13.3. The van der Waals surface area contributed by atoms with E-state index in [4.69, 9.17) is 0 Å². The first-order valence-corrected chi connectivity index (χ1v) is 15.0. The van der Waals surface area contributed by atoms with Crippen LogP contribution in [-0.2, 0) is 30.4 Å². The summed E-state index contributed by atoms with van der Waals surface area (Å²) in [6.07, 6.45) is 3.39. The third kappa shape index (κ3) is 12.4. The van der Waals surface area contributed by atoms with Gasteiger partial charge in [-0.25, -0.2) is 4.79 Å². The molecule has 0 heterocycles. The second-order valence-electron chi connectivity index (χ2n) is 10.2. The van der Waals surface area contributed by atoms with E-state index in [9.17, 15) is 29.1 Å². The number of likely N-dealkylation sites (N-methyl/N-ethyl adjacent to an activating group) is 1. The van der Waals surface area contributed by atoms with Crippen molar-refractivity contribution in [2.75, 3.05) is 19.1 Å². The molecule has 0 fully saturated rings. The molecule has 11 nitrogen and oxygen atoms in total. The van der Waals surface area contributed by atoms with Crippen LogP contribution in [0.4, 0.5) is 0 Å². The molecule has 0 aromatic heterocycles. The van der Waals surface area contributed by atoms with Gasteiger partial charge in [-0.2, -0.15) is 11.8 Å². The van der Waals surface area contributed by atoms with Gasteiger partial charge in [0.2, 0.25) is 23.6 Å². The van der Waals surface area contributed by atoms with E-state index in [0.717, 1.165) is 5.56 Å². The molecule has 5 atom stereocenters. The van der Waals surface area contributed by atoms with Gasteiger partial charge >= 0.3 is 5.97 Å². The number of benzene rings is 1. The van der Waals surface area contributed by atoms with Crippen LogP contribution >= 0.6 is 11.8 Å². The Bertz CT molecular complexity index is 977. The lowest BCUT2D eigenvalue weighted by Crippen LogP contribution is -2.58.